The number of nitrogens with zero attached hydrogens (tertiary/aromatic N) is 2. The van der Waals surface area contributed by atoms with Crippen LogP contribution in [0.3, 0.4) is 0 Å². The van der Waals surface area contributed by atoms with Gasteiger partial charge < -0.3 is 9.47 Å². The van der Waals surface area contributed by atoms with Crippen molar-refractivity contribution in [1.29, 1.82) is 0 Å². The van der Waals surface area contributed by atoms with Gasteiger partial charge in [-0.2, -0.15) is 4.31 Å². The molecule has 8 nitrogen and oxygen atoms in total. The van der Waals surface area contributed by atoms with Crippen LogP contribution in [-0.4, -0.2) is 37.4 Å². The van der Waals surface area contributed by atoms with Crippen LogP contribution in [0, 0.1) is 0 Å². The van der Waals surface area contributed by atoms with Gasteiger partial charge in [-0.15, -0.1) is 0 Å². The van der Waals surface area contributed by atoms with E-state index in [0.29, 0.717) is 27.8 Å². The van der Waals surface area contributed by atoms with Crippen LogP contribution in [0.5, 0.6) is 11.5 Å². The Kier molecular flexibility index (Phi) is 5.76. The standard InChI is InChI=1S/C24H19ClN2O6S/c25-17-7-9-18(10-8-17)27-23(28)13-20(24(27)29)26(34(30,31)19-4-2-1-3-5-19)14-16-6-11-21-22(12-16)33-15-32-21/h1-12,20H,13-15H2. The number of carbonyl (C=O) groups excluding carboxylic acids is 2. The Balaban J connectivity index is 1.53. The van der Waals surface area contributed by atoms with Crippen molar-refractivity contribution in [3.8, 4) is 11.5 Å². The summed E-state index contributed by atoms with van der Waals surface area (Å²) in [5.41, 5.74) is 0.927. The number of ether oxygens (including phenoxy) is 2. The molecule has 2 amide bonds. The highest BCUT2D eigenvalue weighted by atomic mass is 35.5. The lowest BCUT2D eigenvalue weighted by Crippen LogP contribution is -2.45. The van der Waals surface area contributed by atoms with E-state index in [0.717, 1.165) is 9.21 Å². The van der Waals surface area contributed by atoms with E-state index in [1.54, 1.807) is 60.7 Å². The second kappa shape index (κ2) is 8.75. The molecular formula is C24H19ClN2O6S. The first-order valence-electron chi connectivity index (χ1n) is 10.4. The number of imide groups is 1. The molecule has 0 radical (unpaired) electrons. The predicted octanol–water partition coefficient (Wildman–Crippen LogP) is 3.59. The first-order valence-corrected chi connectivity index (χ1v) is 12.2. The molecule has 2 aliphatic heterocycles. The van der Waals surface area contributed by atoms with Crippen molar-refractivity contribution in [2.24, 2.45) is 0 Å². The number of anilines is 1. The Labute approximate surface area is 201 Å². The van der Waals surface area contributed by atoms with E-state index in [1.807, 2.05) is 0 Å². The zero-order valence-electron chi connectivity index (χ0n) is 17.8. The van der Waals surface area contributed by atoms with E-state index in [-0.39, 0.29) is 24.7 Å². The van der Waals surface area contributed by atoms with E-state index in [9.17, 15) is 18.0 Å². The van der Waals surface area contributed by atoms with Gasteiger partial charge in [0.15, 0.2) is 11.5 Å². The Morgan fingerprint density at radius 1 is 0.941 bits per heavy atom. The molecule has 1 unspecified atom stereocenters. The molecule has 0 saturated carbocycles. The molecule has 0 aliphatic carbocycles. The molecule has 1 atom stereocenters. The highest BCUT2D eigenvalue weighted by Crippen LogP contribution is 2.35. The Morgan fingerprint density at radius 3 is 2.38 bits per heavy atom. The lowest BCUT2D eigenvalue weighted by Gasteiger charge is -2.27. The van der Waals surface area contributed by atoms with E-state index in [4.69, 9.17) is 21.1 Å². The molecular weight excluding hydrogens is 480 g/mol. The van der Waals surface area contributed by atoms with Crippen LogP contribution in [0.1, 0.15) is 12.0 Å². The summed E-state index contributed by atoms with van der Waals surface area (Å²) in [4.78, 5) is 27.3. The summed E-state index contributed by atoms with van der Waals surface area (Å²) in [6.07, 6.45) is -0.280. The third kappa shape index (κ3) is 4.02. The van der Waals surface area contributed by atoms with Crippen LogP contribution >= 0.6 is 11.6 Å². The zero-order valence-corrected chi connectivity index (χ0v) is 19.3. The quantitative estimate of drug-likeness (QED) is 0.482. The fraction of sp³-hybridized carbons (Fsp3) is 0.167. The third-order valence-electron chi connectivity index (χ3n) is 5.68. The van der Waals surface area contributed by atoms with Crippen molar-refractivity contribution in [2.45, 2.75) is 23.9 Å². The Hall–Kier alpha value is -3.40. The average molecular weight is 499 g/mol. The molecule has 0 bridgehead atoms. The molecule has 3 aromatic rings. The summed E-state index contributed by atoms with van der Waals surface area (Å²) in [6, 6.07) is 17.9. The van der Waals surface area contributed by atoms with E-state index < -0.39 is 27.9 Å². The van der Waals surface area contributed by atoms with Crippen molar-refractivity contribution < 1.29 is 27.5 Å². The van der Waals surface area contributed by atoms with Crippen LogP contribution in [0.4, 0.5) is 5.69 Å². The fourth-order valence-corrected chi connectivity index (χ4v) is 5.73. The molecule has 3 aromatic carbocycles. The number of sulfonamides is 1. The van der Waals surface area contributed by atoms with Gasteiger partial charge >= 0.3 is 0 Å². The van der Waals surface area contributed by atoms with Gasteiger partial charge in [-0.1, -0.05) is 35.9 Å². The number of hydrogen-bond acceptors (Lipinski definition) is 6. The molecule has 0 aromatic heterocycles. The van der Waals surface area contributed by atoms with Gasteiger partial charge in [-0.05, 0) is 54.1 Å². The SMILES string of the molecule is O=C1CC(N(Cc2ccc3c(c2)OCO3)S(=O)(=O)c2ccccc2)C(=O)N1c1ccc(Cl)cc1. The third-order valence-corrected chi connectivity index (χ3v) is 7.80. The second-order valence-corrected chi connectivity index (χ2v) is 10.1. The maximum atomic E-state index is 13.7. The van der Waals surface area contributed by atoms with Gasteiger partial charge in [0.05, 0.1) is 17.0 Å². The second-order valence-electron chi connectivity index (χ2n) is 7.81. The molecule has 1 saturated heterocycles. The molecule has 2 heterocycles. The molecule has 0 spiro atoms. The number of benzene rings is 3. The summed E-state index contributed by atoms with van der Waals surface area (Å²) in [7, 11) is -4.12. The van der Waals surface area contributed by atoms with Crippen LogP contribution in [0.25, 0.3) is 0 Å². The number of rotatable bonds is 6. The average Bonchev–Trinajstić information content (AvgIpc) is 3.42. The predicted molar refractivity (Wildman–Crippen MR) is 124 cm³/mol. The van der Waals surface area contributed by atoms with Crippen molar-refractivity contribution >= 4 is 39.1 Å². The van der Waals surface area contributed by atoms with Crippen molar-refractivity contribution in [3.05, 3.63) is 83.4 Å². The van der Waals surface area contributed by atoms with Gasteiger partial charge in [-0.25, -0.2) is 13.3 Å². The van der Waals surface area contributed by atoms with E-state index >= 15 is 0 Å². The number of hydrogen-bond donors (Lipinski definition) is 0. The van der Waals surface area contributed by atoms with E-state index in [2.05, 4.69) is 0 Å². The topological polar surface area (TPSA) is 93.2 Å². The molecule has 2 aliphatic rings. The lowest BCUT2D eigenvalue weighted by atomic mass is 10.1. The molecule has 34 heavy (non-hydrogen) atoms. The molecule has 5 rings (SSSR count). The summed E-state index contributed by atoms with van der Waals surface area (Å²) in [5, 5.41) is 0.454. The summed E-state index contributed by atoms with van der Waals surface area (Å²) >= 11 is 5.93. The van der Waals surface area contributed by atoms with Crippen molar-refractivity contribution in [1.82, 2.24) is 4.31 Å². The summed E-state index contributed by atoms with van der Waals surface area (Å²) < 4.78 is 39.2. The highest BCUT2D eigenvalue weighted by molar-refractivity contribution is 7.89. The van der Waals surface area contributed by atoms with E-state index in [1.165, 1.54) is 12.1 Å². The minimum atomic E-state index is -4.12. The van der Waals surface area contributed by atoms with Crippen LogP contribution in [-0.2, 0) is 26.2 Å². The Morgan fingerprint density at radius 2 is 1.65 bits per heavy atom. The molecule has 0 N–H and O–H groups in total. The fourth-order valence-electron chi connectivity index (χ4n) is 4.01. The van der Waals surface area contributed by atoms with Crippen LogP contribution < -0.4 is 14.4 Å². The first-order chi connectivity index (χ1) is 16.3. The minimum Gasteiger partial charge on any atom is -0.454 e. The number of halogens is 1. The smallest absolute Gasteiger partial charge is 0.252 e. The van der Waals surface area contributed by atoms with Gasteiger partial charge in [0, 0.05) is 11.6 Å². The Bertz CT molecular complexity index is 1360. The summed E-state index contributed by atoms with van der Waals surface area (Å²) in [6.45, 7) is -0.0531. The minimum absolute atomic E-state index is 0.0286. The number of carbonyl (C=O) groups is 2. The molecule has 10 heteroatoms. The summed E-state index contributed by atoms with van der Waals surface area (Å²) in [5.74, 6) is -0.0581. The normalized spacial score (nSPS) is 17.6. The van der Waals surface area contributed by atoms with Gasteiger partial charge in [0.1, 0.15) is 6.04 Å². The number of amides is 2. The maximum Gasteiger partial charge on any atom is 0.252 e. The monoisotopic (exact) mass is 498 g/mol. The maximum absolute atomic E-state index is 13.7. The molecule has 1 fully saturated rings. The van der Waals surface area contributed by atoms with Crippen molar-refractivity contribution in [2.75, 3.05) is 11.7 Å². The first kappa shape index (κ1) is 22.4. The van der Waals surface area contributed by atoms with Crippen LogP contribution in [0.15, 0.2) is 77.7 Å². The lowest BCUT2D eigenvalue weighted by molar-refractivity contribution is -0.122. The number of fused-ring (bicyclic) bond motifs is 1. The molecule has 174 valence electrons. The van der Waals surface area contributed by atoms with Gasteiger partial charge in [0.2, 0.25) is 22.7 Å². The van der Waals surface area contributed by atoms with Gasteiger partial charge in [0.25, 0.3) is 5.91 Å². The van der Waals surface area contributed by atoms with Gasteiger partial charge in [-0.3, -0.25) is 9.59 Å². The zero-order chi connectivity index (χ0) is 23.9. The largest absolute Gasteiger partial charge is 0.454 e. The highest BCUT2D eigenvalue weighted by Gasteiger charge is 2.47. The van der Waals surface area contributed by atoms with Crippen molar-refractivity contribution in [3.63, 3.8) is 0 Å². The van der Waals surface area contributed by atoms with Crippen LogP contribution in [0.2, 0.25) is 5.02 Å².